The van der Waals surface area contributed by atoms with E-state index in [0.717, 1.165) is 11.3 Å². The number of aromatic amines is 1. The summed E-state index contributed by atoms with van der Waals surface area (Å²) in [6, 6.07) is 7.34. The SMILES string of the molecule is ONc1ncnc2oc(-c3ccco3)c(-c3ccc[nH]3)c12. The van der Waals surface area contributed by atoms with Crippen LogP contribution in [0.4, 0.5) is 5.82 Å². The van der Waals surface area contributed by atoms with Crippen LogP contribution in [0, 0.1) is 0 Å². The lowest BCUT2D eigenvalue weighted by Crippen LogP contribution is -1.95. The first kappa shape index (κ1) is 11.7. The summed E-state index contributed by atoms with van der Waals surface area (Å²) >= 11 is 0. The lowest BCUT2D eigenvalue weighted by Gasteiger charge is -2.01. The van der Waals surface area contributed by atoms with Crippen LogP contribution in [0.25, 0.3) is 33.9 Å². The van der Waals surface area contributed by atoms with Crippen molar-refractivity contribution >= 4 is 16.9 Å². The van der Waals surface area contributed by atoms with E-state index in [1.807, 2.05) is 12.1 Å². The van der Waals surface area contributed by atoms with Crippen LogP contribution in [0.15, 0.2) is 51.9 Å². The fourth-order valence-electron chi connectivity index (χ4n) is 2.34. The predicted octanol–water partition coefficient (Wildman–Crippen LogP) is 3.28. The van der Waals surface area contributed by atoms with E-state index >= 15 is 0 Å². The van der Waals surface area contributed by atoms with Crippen LogP contribution >= 0.6 is 0 Å². The maximum absolute atomic E-state index is 9.28. The van der Waals surface area contributed by atoms with Crippen molar-refractivity contribution in [3.8, 4) is 22.8 Å². The highest BCUT2D eigenvalue weighted by molar-refractivity contribution is 6.04. The second-order valence-electron chi connectivity index (χ2n) is 4.38. The Morgan fingerprint density at radius 3 is 2.86 bits per heavy atom. The minimum absolute atomic E-state index is 0.270. The molecule has 0 aliphatic rings. The number of hydrogen-bond donors (Lipinski definition) is 3. The Morgan fingerprint density at radius 2 is 2.14 bits per heavy atom. The molecule has 4 aromatic heterocycles. The van der Waals surface area contributed by atoms with Gasteiger partial charge < -0.3 is 13.8 Å². The first-order chi connectivity index (χ1) is 10.4. The molecule has 4 rings (SSSR count). The van der Waals surface area contributed by atoms with Gasteiger partial charge in [-0.25, -0.2) is 9.97 Å². The Hall–Kier alpha value is -3.06. The normalized spacial score (nSPS) is 11.1. The minimum atomic E-state index is 0.270. The van der Waals surface area contributed by atoms with Crippen LogP contribution < -0.4 is 5.48 Å². The molecule has 0 saturated carbocycles. The third-order valence-corrected chi connectivity index (χ3v) is 3.21. The average Bonchev–Trinajstić information content (AvgIpc) is 3.24. The topological polar surface area (TPSA) is 100 Å². The fourth-order valence-corrected chi connectivity index (χ4v) is 2.34. The van der Waals surface area contributed by atoms with E-state index in [1.54, 1.807) is 24.6 Å². The van der Waals surface area contributed by atoms with Gasteiger partial charge in [-0.1, -0.05) is 0 Å². The van der Waals surface area contributed by atoms with E-state index in [-0.39, 0.29) is 5.82 Å². The van der Waals surface area contributed by atoms with E-state index < -0.39 is 0 Å². The number of rotatable bonds is 3. The van der Waals surface area contributed by atoms with Crippen LogP contribution in [0.2, 0.25) is 0 Å². The predicted molar refractivity (Wildman–Crippen MR) is 74.7 cm³/mol. The van der Waals surface area contributed by atoms with Crippen molar-refractivity contribution in [2.45, 2.75) is 0 Å². The summed E-state index contributed by atoms with van der Waals surface area (Å²) in [4.78, 5) is 11.2. The standard InChI is InChI=1S/C14H10N4O3/c19-18-13-11-10(8-3-1-5-15-8)12(9-4-2-6-20-9)21-14(11)17-7-16-13/h1-7,15,19H,(H,16,17,18). The van der Waals surface area contributed by atoms with Crippen LogP contribution in [0.5, 0.6) is 0 Å². The molecule has 3 N–H and O–H groups in total. The van der Waals surface area contributed by atoms with Crippen molar-refractivity contribution in [1.82, 2.24) is 15.0 Å². The molecular formula is C14H10N4O3. The van der Waals surface area contributed by atoms with E-state index in [2.05, 4.69) is 20.4 Å². The molecule has 4 aromatic rings. The lowest BCUT2D eigenvalue weighted by molar-refractivity contribution is 0.386. The Morgan fingerprint density at radius 1 is 1.19 bits per heavy atom. The van der Waals surface area contributed by atoms with Crippen molar-refractivity contribution in [2.75, 3.05) is 5.48 Å². The minimum Gasteiger partial charge on any atom is -0.461 e. The number of H-pyrrole nitrogens is 1. The molecule has 7 nitrogen and oxygen atoms in total. The largest absolute Gasteiger partial charge is 0.461 e. The number of hydrogen-bond acceptors (Lipinski definition) is 6. The molecule has 0 atom stereocenters. The summed E-state index contributed by atoms with van der Waals surface area (Å²) < 4.78 is 11.2. The van der Waals surface area contributed by atoms with Gasteiger partial charge in [-0.2, -0.15) is 0 Å². The maximum atomic E-state index is 9.28. The van der Waals surface area contributed by atoms with Crippen molar-refractivity contribution < 1.29 is 14.0 Å². The summed E-state index contributed by atoms with van der Waals surface area (Å²) in [5, 5.41) is 9.86. The molecular weight excluding hydrogens is 272 g/mol. The van der Waals surface area contributed by atoms with Gasteiger partial charge in [0.15, 0.2) is 17.3 Å². The first-order valence-electron chi connectivity index (χ1n) is 6.23. The van der Waals surface area contributed by atoms with Gasteiger partial charge in [0, 0.05) is 6.20 Å². The highest BCUT2D eigenvalue weighted by atomic mass is 16.5. The summed E-state index contributed by atoms with van der Waals surface area (Å²) in [6.45, 7) is 0. The highest BCUT2D eigenvalue weighted by Crippen LogP contribution is 2.41. The molecule has 0 spiro atoms. The molecule has 0 saturated heterocycles. The van der Waals surface area contributed by atoms with Gasteiger partial charge in [0.1, 0.15) is 6.33 Å². The molecule has 0 radical (unpaired) electrons. The molecule has 0 aromatic carbocycles. The molecule has 0 bridgehead atoms. The number of aromatic nitrogens is 3. The van der Waals surface area contributed by atoms with Crippen LogP contribution in [-0.2, 0) is 0 Å². The fraction of sp³-hybridized carbons (Fsp3) is 0. The Bertz CT molecular complexity index is 879. The number of furan rings is 2. The third kappa shape index (κ3) is 1.72. The van der Waals surface area contributed by atoms with Crippen molar-refractivity contribution in [3.05, 3.63) is 43.1 Å². The Labute approximate surface area is 118 Å². The molecule has 0 amide bonds. The van der Waals surface area contributed by atoms with Gasteiger partial charge in [-0.15, -0.1) is 0 Å². The van der Waals surface area contributed by atoms with E-state index in [0.29, 0.717) is 22.6 Å². The van der Waals surface area contributed by atoms with Crippen molar-refractivity contribution in [3.63, 3.8) is 0 Å². The number of nitrogens with zero attached hydrogens (tertiary/aromatic N) is 2. The number of nitrogens with one attached hydrogen (secondary N) is 2. The van der Waals surface area contributed by atoms with E-state index in [9.17, 15) is 5.21 Å². The van der Waals surface area contributed by atoms with E-state index in [1.165, 1.54) is 6.33 Å². The zero-order valence-electron chi connectivity index (χ0n) is 10.7. The van der Waals surface area contributed by atoms with Gasteiger partial charge in [0.2, 0.25) is 5.71 Å². The smallest absolute Gasteiger partial charge is 0.232 e. The highest BCUT2D eigenvalue weighted by Gasteiger charge is 2.23. The van der Waals surface area contributed by atoms with Gasteiger partial charge in [-0.3, -0.25) is 10.7 Å². The molecule has 0 unspecified atom stereocenters. The summed E-state index contributed by atoms with van der Waals surface area (Å²) in [5.74, 6) is 1.36. The number of anilines is 1. The van der Waals surface area contributed by atoms with Crippen LogP contribution in [0.1, 0.15) is 0 Å². The summed E-state index contributed by atoms with van der Waals surface area (Å²) in [6.07, 6.45) is 4.68. The molecule has 0 aliphatic heterocycles. The number of fused-ring (bicyclic) bond motifs is 1. The Kier molecular flexibility index (Phi) is 2.51. The molecule has 0 aliphatic carbocycles. The summed E-state index contributed by atoms with van der Waals surface area (Å²) in [7, 11) is 0. The zero-order chi connectivity index (χ0) is 14.2. The average molecular weight is 282 g/mol. The van der Waals surface area contributed by atoms with Crippen molar-refractivity contribution in [2.24, 2.45) is 0 Å². The maximum Gasteiger partial charge on any atom is 0.232 e. The molecule has 4 heterocycles. The quantitative estimate of drug-likeness (QED) is 0.498. The zero-order valence-corrected chi connectivity index (χ0v) is 10.7. The van der Waals surface area contributed by atoms with Gasteiger partial charge in [0.25, 0.3) is 0 Å². The van der Waals surface area contributed by atoms with E-state index in [4.69, 9.17) is 8.83 Å². The monoisotopic (exact) mass is 282 g/mol. The van der Waals surface area contributed by atoms with Crippen LogP contribution in [-0.4, -0.2) is 20.2 Å². The second-order valence-corrected chi connectivity index (χ2v) is 4.38. The van der Waals surface area contributed by atoms with Gasteiger partial charge in [0.05, 0.1) is 22.9 Å². The third-order valence-electron chi connectivity index (χ3n) is 3.21. The van der Waals surface area contributed by atoms with Gasteiger partial charge in [-0.05, 0) is 24.3 Å². The van der Waals surface area contributed by atoms with Gasteiger partial charge >= 0.3 is 0 Å². The second kappa shape index (κ2) is 4.50. The lowest BCUT2D eigenvalue weighted by atomic mass is 10.1. The molecule has 21 heavy (non-hydrogen) atoms. The Balaban J connectivity index is 2.13. The first-order valence-corrected chi connectivity index (χ1v) is 6.23. The molecule has 7 heteroatoms. The summed E-state index contributed by atoms with van der Waals surface area (Å²) in [5.41, 5.74) is 3.97. The molecule has 0 fully saturated rings. The molecule has 104 valence electrons. The van der Waals surface area contributed by atoms with Crippen LogP contribution in [0.3, 0.4) is 0 Å². The van der Waals surface area contributed by atoms with Crippen molar-refractivity contribution in [1.29, 1.82) is 0 Å².